The maximum absolute atomic E-state index is 11.2. The van der Waals surface area contributed by atoms with E-state index < -0.39 is 17.5 Å². The summed E-state index contributed by atoms with van der Waals surface area (Å²) in [5.74, 6) is -2.55. The summed E-state index contributed by atoms with van der Waals surface area (Å²) in [7, 11) is 2.47. The Morgan fingerprint density at radius 2 is 1.94 bits per heavy atom. The number of ether oxygens (including phenoxy) is 2. The van der Waals surface area contributed by atoms with Crippen molar-refractivity contribution in [1.29, 1.82) is 0 Å². The van der Waals surface area contributed by atoms with Gasteiger partial charge in [0.15, 0.2) is 0 Å². The first kappa shape index (κ1) is 13.6. The summed E-state index contributed by atoms with van der Waals surface area (Å²) in [6.45, 7) is 0. The van der Waals surface area contributed by atoms with Gasteiger partial charge in [-0.1, -0.05) is 0 Å². The number of aliphatic hydroxyl groups excluding tert-OH is 1. The van der Waals surface area contributed by atoms with Gasteiger partial charge in [-0.3, -0.25) is 4.79 Å². The molecule has 0 radical (unpaired) electrons. The third-order valence-corrected chi connectivity index (χ3v) is 2.14. The van der Waals surface area contributed by atoms with E-state index in [1.807, 2.05) is 0 Å². The summed E-state index contributed by atoms with van der Waals surface area (Å²) in [4.78, 5) is 22.0. The van der Waals surface area contributed by atoms with Crippen molar-refractivity contribution < 1.29 is 29.3 Å². The van der Waals surface area contributed by atoms with E-state index >= 15 is 0 Å². The number of phenols is 1. The molecule has 2 N–H and O–H groups in total. The second-order valence-corrected chi connectivity index (χ2v) is 3.27. The first-order valence-electron chi connectivity index (χ1n) is 4.90. The van der Waals surface area contributed by atoms with Gasteiger partial charge >= 0.3 is 5.97 Å². The minimum absolute atomic E-state index is 0.00746. The third kappa shape index (κ3) is 3.00. The summed E-state index contributed by atoms with van der Waals surface area (Å²) in [5.41, 5.74) is 0.00746. The molecule has 1 aromatic rings. The number of benzene rings is 1. The van der Waals surface area contributed by atoms with E-state index in [0.29, 0.717) is 11.8 Å². The van der Waals surface area contributed by atoms with Crippen LogP contribution in [0, 0.1) is 0 Å². The monoisotopic (exact) mass is 252 g/mol. The van der Waals surface area contributed by atoms with Crippen molar-refractivity contribution in [2.24, 2.45) is 0 Å². The largest absolute Gasteiger partial charge is 0.507 e. The molecule has 18 heavy (non-hydrogen) atoms. The van der Waals surface area contributed by atoms with Crippen LogP contribution in [-0.4, -0.2) is 36.2 Å². The van der Waals surface area contributed by atoms with Gasteiger partial charge in [-0.05, 0) is 12.1 Å². The topological polar surface area (TPSA) is 93.1 Å². The number of phenolic OH excluding ortho intramolecular Hbond substituents is 1. The maximum atomic E-state index is 11.2. The molecule has 0 saturated carbocycles. The number of esters is 1. The van der Waals surface area contributed by atoms with Crippen LogP contribution >= 0.6 is 0 Å². The summed E-state index contributed by atoms with van der Waals surface area (Å²) < 4.78 is 9.05. The van der Waals surface area contributed by atoms with E-state index in [0.717, 1.165) is 7.11 Å². The Morgan fingerprint density at radius 3 is 2.44 bits per heavy atom. The minimum atomic E-state index is -1.10. The minimum Gasteiger partial charge on any atom is -0.507 e. The van der Waals surface area contributed by atoms with Gasteiger partial charge < -0.3 is 19.7 Å². The zero-order valence-electron chi connectivity index (χ0n) is 9.84. The summed E-state index contributed by atoms with van der Waals surface area (Å²) >= 11 is 0. The second kappa shape index (κ2) is 5.72. The SMILES string of the molecule is COC(=O)C(=O)/C=C(\O)c1ccc(OC)cc1O. The van der Waals surface area contributed by atoms with E-state index in [1.165, 1.54) is 25.3 Å². The van der Waals surface area contributed by atoms with Gasteiger partial charge in [0.2, 0.25) is 0 Å². The standard InChI is InChI=1S/C12H12O6/c1-17-7-3-4-8(9(13)5-7)10(14)6-11(15)12(16)18-2/h3-6,13-14H,1-2H3/b10-6-. The van der Waals surface area contributed by atoms with Crippen molar-refractivity contribution in [3.63, 3.8) is 0 Å². The van der Waals surface area contributed by atoms with E-state index in [1.54, 1.807) is 0 Å². The van der Waals surface area contributed by atoms with Crippen LogP contribution in [0.5, 0.6) is 11.5 Å². The molecule has 0 amide bonds. The van der Waals surface area contributed by atoms with Crippen LogP contribution < -0.4 is 4.74 Å². The molecule has 0 saturated heterocycles. The van der Waals surface area contributed by atoms with Gasteiger partial charge in [-0.25, -0.2) is 4.79 Å². The summed E-state index contributed by atoms with van der Waals surface area (Å²) in [5, 5.41) is 19.2. The molecule has 0 bridgehead atoms. The lowest BCUT2D eigenvalue weighted by atomic mass is 10.1. The molecule has 0 aliphatic carbocycles. The number of rotatable bonds is 4. The van der Waals surface area contributed by atoms with Crippen molar-refractivity contribution >= 4 is 17.5 Å². The van der Waals surface area contributed by atoms with Gasteiger partial charge in [0, 0.05) is 12.1 Å². The number of hydrogen-bond donors (Lipinski definition) is 2. The van der Waals surface area contributed by atoms with Crippen LogP contribution in [0.1, 0.15) is 5.56 Å². The van der Waals surface area contributed by atoms with E-state index in [9.17, 15) is 19.8 Å². The zero-order valence-corrected chi connectivity index (χ0v) is 9.84. The average Bonchev–Trinajstić information content (AvgIpc) is 2.37. The lowest BCUT2D eigenvalue weighted by Gasteiger charge is -2.05. The van der Waals surface area contributed by atoms with Crippen molar-refractivity contribution in [1.82, 2.24) is 0 Å². The Kier molecular flexibility index (Phi) is 4.31. The number of aromatic hydroxyl groups is 1. The molecular weight excluding hydrogens is 240 g/mol. The van der Waals surface area contributed by atoms with E-state index in [-0.39, 0.29) is 11.3 Å². The van der Waals surface area contributed by atoms with Crippen LogP contribution in [0.2, 0.25) is 0 Å². The number of hydrogen-bond acceptors (Lipinski definition) is 6. The van der Waals surface area contributed by atoms with Gasteiger partial charge in [-0.15, -0.1) is 0 Å². The first-order chi connectivity index (χ1) is 8.49. The maximum Gasteiger partial charge on any atom is 0.378 e. The van der Waals surface area contributed by atoms with Gasteiger partial charge in [0.25, 0.3) is 5.78 Å². The fourth-order valence-electron chi connectivity index (χ4n) is 1.22. The lowest BCUT2D eigenvalue weighted by Crippen LogP contribution is -2.13. The predicted molar refractivity (Wildman–Crippen MR) is 62.3 cm³/mol. The number of ketones is 1. The Labute approximate surface area is 103 Å². The molecule has 0 aliphatic heterocycles. The van der Waals surface area contributed by atoms with Crippen molar-refractivity contribution in [3.05, 3.63) is 29.8 Å². The highest BCUT2D eigenvalue weighted by atomic mass is 16.5. The molecule has 0 heterocycles. The average molecular weight is 252 g/mol. The van der Waals surface area contributed by atoms with Gasteiger partial charge in [0.05, 0.1) is 19.8 Å². The molecule has 1 rings (SSSR count). The van der Waals surface area contributed by atoms with Crippen LogP contribution in [0.3, 0.4) is 0 Å². The number of methoxy groups -OCH3 is 2. The zero-order chi connectivity index (χ0) is 13.7. The molecule has 0 aliphatic rings. The smallest absolute Gasteiger partial charge is 0.378 e. The molecule has 0 spiro atoms. The Morgan fingerprint density at radius 1 is 1.28 bits per heavy atom. The molecule has 0 atom stereocenters. The molecule has 0 aromatic heterocycles. The molecule has 0 fully saturated rings. The Bertz CT molecular complexity index is 503. The highest BCUT2D eigenvalue weighted by Crippen LogP contribution is 2.27. The predicted octanol–water partition coefficient (Wildman–Crippen LogP) is 1.04. The van der Waals surface area contributed by atoms with Crippen LogP contribution in [-0.2, 0) is 14.3 Å². The fourth-order valence-corrected chi connectivity index (χ4v) is 1.22. The highest BCUT2D eigenvalue weighted by molar-refractivity contribution is 6.39. The lowest BCUT2D eigenvalue weighted by molar-refractivity contribution is -0.149. The van der Waals surface area contributed by atoms with Crippen LogP contribution in [0.15, 0.2) is 24.3 Å². The van der Waals surface area contributed by atoms with E-state index in [4.69, 9.17) is 4.74 Å². The molecular formula is C12H12O6. The van der Waals surface area contributed by atoms with Gasteiger partial charge in [-0.2, -0.15) is 0 Å². The van der Waals surface area contributed by atoms with E-state index in [2.05, 4.69) is 4.74 Å². The summed E-state index contributed by atoms with van der Waals surface area (Å²) in [6, 6.07) is 4.11. The number of aliphatic hydroxyl groups is 1. The van der Waals surface area contributed by atoms with Crippen LogP contribution in [0.25, 0.3) is 5.76 Å². The fraction of sp³-hybridized carbons (Fsp3) is 0.167. The second-order valence-electron chi connectivity index (χ2n) is 3.27. The highest BCUT2D eigenvalue weighted by Gasteiger charge is 2.14. The third-order valence-electron chi connectivity index (χ3n) is 2.14. The quantitative estimate of drug-likeness (QED) is 0.360. The normalized spacial score (nSPS) is 10.9. The molecule has 0 unspecified atom stereocenters. The number of carbonyl (C=O) groups excluding carboxylic acids is 2. The van der Waals surface area contributed by atoms with Crippen molar-refractivity contribution in [2.75, 3.05) is 14.2 Å². The van der Waals surface area contributed by atoms with Crippen LogP contribution in [0.4, 0.5) is 0 Å². The van der Waals surface area contributed by atoms with Crippen molar-refractivity contribution in [2.45, 2.75) is 0 Å². The van der Waals surface area contributed by atoms with Crippen molar-refractivity contribution in [3.8, 4) is 11.5 Å². The Hall–Kier alpha value is -2.50. The summed E-state index contributed by atoms with van der Waals surface area (Å²) in [6.07, 6.45) is 0.674. The molecule has 1 aromatic carbocycles. The Balaban J connectivity index is 3.04. The molecule has 6 nitrogen and oxygen atoms in total. The first-order valence-corrected chi connectivity index (χ1v) is 4.90. The van der Waals surface area contributed by atoms with Gasteiger partial charge in [0.1, 0.15) is 17.3 Å². The molecule has 6 heteroatoms. The number of carbonyl (C=O) groups is 2. The molecule has 96 valence electrons.